The largest absolute Gasteiger partial charge is 0.453 e. The standard InChI is InChI=1S/C14H14O2/c1-9-4-3-5-10-8-11(16-12(9)10)13(15)14(2)6-7-14/h3-5,8H,6-7H2,1-2H3. The summed E-state index contributed by atoms with van der Waals surface area (Å²) in [6, 6.07) is 7.84. The van der Waals surface area contributed by atoms with Crippen LogP contribution < -0.4 is 0 Å². The van der Waals surface area contributed by atoms with E-state index in [-0.39, 0.29) is 11.2 Å². The Balaban J connectivity index is 2.12. The van der Waals surface area contributed by atoms with Crippen LogP contribution in [-0.2, 0) is 0 Å². The third-order valence-electron chi connectivity index (χ3n) is 3.51. The maximum absolute atomic E-state index is 12.1. The minimum Gasteiger partial charge on any atom is -0.453 e. The Bertz CT molecular complexity index is 573. The van der Waals surface area contributed by atoms with Crippen molar-refractivity contribution < 1.29 is 9.21 Å². The van der Waals surface area contributed by atoms with E-state index in [2.05, 4.69) is 0 Å². The number of hydrogen-bond donors (Lipinski definition) is 0. The van der Waals surface area contributed by atoms with Crippen LogP contribution in [0.1, 0.15) is 35.9 Å². The number of fused-ring (bicyclic) bond motifs is 1. The fourth-order valence-electron chi connectivity index (χ4n) is 2.03. The molecule has 1 aromatic heterocycles. The van der Waals surface area contributed by atoms with Crippen LogP contribution in [0.15, 0.2) is 28.7 Å². The number of furan rings is 1. The molecule has 0 unspecified atom stereocenters. The molecule has 2 nitrogen and oxygen atoms in total. The van der Waals surface area contributed by atoms with Gasteiger partial charge in [-0.05, 0) is 31.4 Å². The molecule has 0 saturated heterocycles. The van der Waals surface area contributed by atoms with Crippen LogP contribution in [0.4, 0.5) is 0 Å². The number of benzene rings is 1. The Morgan fingerprint density at radius 2 is 2.12 bits per heavy atom. The van der Waals surface area contributed by atoms with Gasteiger partial charge in [0.05, 0.1) is 0 Å². The molecule has 1 aliphatic rings. The molecule has 2 heteroatoms. The molecule has 3 rings (SSSR count). The first kappa shape index (κ1) is 9.64. The van der Waals surface area contributed by atoms with Crippen LogP contribution in [0.25, 0.3) is 11.0 Å². The lowest BCUT2D eigenvalue weighted by Gasteiger charge is -2.02. The van der Waals surface area contributed by atoms with Gasteiger partial charge in [-0.2, -0.15) is 0 Å². The normalized spacial score (nSPS) is 17.6. The molecule has 1 saturated carbocycles. The van der Waals surface area contributed by atoms with Crippen molar-refractivity contribution in [2.24, 2.45) is 5.41 Å². The summed E-state index contributed by atoms with van der Waals surface area (Å²) >= 11 is 0. The monoisotopic (exact) mass is 214 g/mol. The number of aryl methyl sites for hydroxylation is 1. The highest BCUT2D eigenvalue weighted by molar-refractivity contribution is 6.02. The fraction of sp³-hybridized carbons (Fsp3) is 0.357. The molecule has 1 aromatic carbocycles. The third-order valence-corrected chi connectivity index (χ3v) is 3.51. The van der Waals surface area contributed by atoms with Crippen molar-refractivity contribution in [3.8, 4) is 0 Å². The van der Waals surface area contributed by atoms with E-state index in [0.717, 1.165) is 29.4 Å². The molecule has 0 bridgehead atoms. The van der Waals surface area contributed by atoms with Gasteiger partial charge >= 0.3 is 0 Å². The van der Waals surface area contributed by atoms with Gasteiger partial charge in [-0.15, -0.1) is 0 Å². The van der Waals surface area contributed by atoms with Gasteiger partial charge in [0.1, 0.15) is 5.58 Å². The van der Waals surface area contributed by atoms with Crippen LogP contribution in [0.5, 0.6) is 0 Å². The number of carbonyl (C=O) groups is 1. The number of rotatable bonds is 2. The molecule has 0 spiro atoms. The van der Waals surface area contributed by atoms with E-state index in [1.165, 1.54) is 0 Å². The zero-order chi connectivity index (χ0) is 11.3. The molecule has 1 aliphatic carbocycles. The summed E-state index contributed by atoms with van der Waals surface area (Å²) in [6.45, 7) is 4.01. The van der Waals surface area contributed by atoms with Crippen molar-refractivity contribution in [3.63, 3.8) is 0 Å². The van der Waals surface area contributed by atoms with Crippen LogP contribution in [0.3, 0.4) is 0 Å². The number of ketones is 1. The Labute approximate surface area is 94.3 Å². The number of hydrogen-bond acceptors (Lipinski definition) is 2. The van der Waals surface area contributed by atoms with E-state index in [1.807, 2.05) is 38.1 Å². The highest BCUT2D eigenvalue weighted by atomic mass is 16.3. The first-order valence-electron chi connectivity index (χ1n) is 5.64. The van der Waals surface area contributed by atoms with E-state index in [4.69, 9.17) is 4.42 Å². The van der Waals surface area contributed by atoms with E-state index in [0.29, 0.717) is 5.76 Å². The molecule has 82 valence electrons. The first-order valence-corrected chi connectivity index (χ1v) is 5.64. The molecule has 0 amide bonds. The summed E-state index contributed by atoms with van der Waals surface area (Å²) in [5.74, 6) is 0.674. The van der Waals surface area contributed by atoms with E-state index < -0.39 is 0 Å². The van der Waals surface area contributed by atoms with Gasteiger partial charge in [0.15, 0.2) is 5.76 Å². The Kier molecular flexibility index (Phi) is 1.79. The average molecular weight is 214 g/mol. The summed E-state index contributed by atoms with van der Waals surface area (Å²) in [7, 11) is 0. The quantitative estimate of drug-likeness (QED) is 0.713. The summed E-state index contributed by atoms with van der Waals surface area (Å²) in [5.41, 5.74) is 1.77. The second-order valence-electron chi connectivity index (χ2n) is 4.99. The summed E-state index contributed by atoms with van der Waals surface area (Å²) in [6.07, 6.45) is 1.98. The van der Waals surface area contributed by atoms with Gasteiger partial charge < -0.3 is 4.42 Å². The van der Waals surface area contributed by atoms with Gasteiger partial charge in [0, 0.05) is 10.8 Å². The lowest BCUT2D eigenvalue weighted by atomic mass is 10.0. The van der Waals surface area contributed by atoms with E-state index in [1.54, 1.807) is 0 Å². The minimum atomic E-state index is -0.151. The van der Waals surface area contributed by atoms with Gasteiger partial charge in [0.25, 0.3) is 0 Å². The van der Waals surface area contributed by atoms with Gasteiger partial charge in [-0.3, -0.25) is 4.79 Å². The van der Waals surface area contributed by atoms with Crippen LogP contribution in [-0.4, -0.2) is 5.78 Å². The summed E-state index contributed by atoms with van der Waals surface area (Å²) in [5, 5.41) is 1.02. The van der Waals surface area contributed by atoms with Crippen LogP contribution in [0, 0.1) is 12.3 Å². The summed E-state index contributed by atoms with van der Waals surface area (Å²) < 4.78 is 5.68. The molecule has 0 aliphatic heterocycles. The Morgan fingerprint density at radius 3 is 2.75 bits per heavy atom. The fourth-order valence-corrected chi connectivity index (χ4v) is 2.03. The molecule has 0 radical (unpaired) electrons. The smallest absolute Gasteiger partial charge is 0.203 e. The molecular weight excluding hydrogens is 200 g/mol. The third kappa shape index (κ3) is 1.29. The van der Waals surface area contributed by atoms with Crippen molar-refractivity contribution in [1.82, 2.24) is 0 Å². The van der Waals surface area contributed by atoms with E-state index in [9.17, 15) is 4.79 Å². The number of para-hydroxylation sites is 1. The van der Waals surface area contributed by atoms with Gasteiger partial charge in [-0.25, -0.2) is 0 Å². The average Bonchev–Trinajstić information content (AvgIpc) is 2.86. The number of Topliss-reactive ketones (excluding diaryl/α,β-unsaturated/α-hetero) is 1. The van der Waals surface area contributed by atoms with E-state index >= 15 is 0 Å². The molecule has 0 atom stereocenters. The highest BCUT2D eigenvalue weighted by Gasteiger charge is 2.46. The molecule has 1 heterocycles. The van der Waals surface area contributed by atoms with Crippen LogP contribution >= 0.6 is 0 Å². The van der Waals surface area contributed by atoms with Gasteiger partial charge in [0.2, 0.25) is 5.78 Å². The highest BCUT2D eigenvalue weighted by Crippen LogP contribution is 2.48. The predicted octanol–water partition coefficient (Wildman–Crippen LogP) is 3.72. The Hall–Kier alpha value is -1.57. The summed E-state index contributed by atoms with van der Waals surface area (Å²) in [4.78, 5) is 12.1. The predicted molar refractivity (Wildman–Crippen MR) is 62.6 cm³/mol. The SMILES string of the molecule is Cc1cccc2cc(C(=O)C3(C)CC3)oc12. The minimum absolute atomic E-state index is 0.151. The number of carbonyl (C=O) groups excluding carboxylic acids is 1. The second-order valence-corrected chi connectivity index (χ2v) is 4.99. The lowest BCUT2D eigenvalue weighted by molar-refractivity contribution is 0.0886. The molecule has 2 aromatic rings. The van der Waals surface area contributed by atoms with Gasteiger partial charge in [-0.1, -0.05) is 25.1 Å². The van der Waals surface area contributed by atoms with Crippen molar-refractivity contribution in [2.45, 2.75) is 26.7 Å². The van der Waals surface area contributed by atoms with Crippen molar-refractivity contribution in [2.75, 3.05) is 0 Å². The molecular formula is C14H14O2. The van der Waals surface area contributed by atoms with Crippen LogP contribution in [0.2, 0.25) is 0 Å². The van der Waals surface area contributed by atoms with Crippen molar-refractivity contribution >= 4 is 16.8 Å². The van der Waals surface area contributed by atoms with Crippen molar-refractivity contribution in [1.29, 1.82) is 0 Å². The molecule has 0 N–H and O–H groups in total. The topological polar surface area (TPSA) is 30.2 Å². The second kappa shape index (κ2) is 2.97. The Morgan fingerprint density at radius 1 is 1.38 bits per heavy atom. The maximum atomic E-state index is 12.1. The first-order chi connectivity index (χ1) is 7.60. The molecule has 1 fully saturated rings. The zero-order valence-corrected chi connectivity index (χ0v) is 9.54. The lowest BCUT2D eigenvalue weighted by Crippen LogP contribution is -2.10. The maximum Gasteiger partial charge on any atom is 0.203 e. The molecule has 16 heavy (non-hydrogen) atoms. The van der Waals surface area contributed by atoms with Crippen molar-refractivity contribution in [3.05, 3.63) is 35.6 Å². The zero-order valence-electron chi connectivity index (χ0n) is 9.54.